The maximum atomic E-state index is 12.3. The fraction of sp³-hybridized carbons (Fsp3) is 0.522. The topological polar surface area (TPSA) is 128 Å². The number of nitrogens with one attached hydrogen (secondary N) is 3. The number of pyridine rings is 1. The molecule has 184 valence electrons. The molecule has 5 N–H and O–H groups in total. The summed E-state index contributed by atoms with van der Waals surface area (Å²) in [5.74, 6) is 0.397. The van der Waals surface area contributed by atoms with E-state index in [0.717, 1.165) is 48.4 Å². The van der Waals surface area contributed by atoms with Crippen LogP contribution in [0.4, 0.5) is 5.82 Å². The van der Waals surface area contributed by atoms with Crippen molar-refractivity contribution >= 4 is 29.4 Å². The van der Waals surface area contributed by atoms with Crippen molar-refractivity contribution in [2.24, 2.45) is 5.92 Å². The minimum absolute atomic E-state index is 0.0807. The molecule has 0 saturated heterocycles. The molecule has 9 nitrogen and oxygen atoms in total. The van der Waals surface area contributed by atoms with Gasteiger partial charge < -0.3 is 0 Å². The number of rotatable bonds is 14. The Labute approximate surface area is 205 Å². The van der Waals surface area contributed by atoms with E-state index in [4.69, 9.17) is 10.2 Å². The van der Waals surface area contributed by atoms with Gasteiger partial charge in [-0.25, -0.2) is 5.48 Å². The van der Waals surface area contributed by atoms with Crippen LogP contribution >= 0.6 is 0 Å². The quantitative estimate of drug-likeness (QED) is 0.0409. The number of fused-ring (bicyclic) bond motifs is 1. The van der Waals surface area contributed by atoms with Crippen molar-refractivity contribution in [2.75, 3.05) is 11.9 Å². The Hall–Kier alpha value is -2.18. The van der Waals surface area contributed by atoms with Gasteiger partial charge in [-0.15, -0.1) is 0 Å². The van der Waals surface area contributed by atoms with E-state index >= 15 is 0 Å². The molecular weight excluding hydrogens is 537 g/mol. The third kappa shape index (κ3) is 8.59. The zero-order chi connectivity index (χ0) is 24.2. The first kappa shape index (κ1) is 27.1. The molecule has 0 bridgehead atoms. The Balaban J connectivity index is 2.14. The maximum absolute atomic E-state index is 12.3. The van der Waals surface area contributed by atoms with Gasteiger partial charge in [0.1, 0.15) is 0 Å². The number of carbonyl (C=O) groups excluding carboxylic acids is 2. The van der Waals surface area contributed by atoms with Crippen LogP contribution < -0.4 is 37.7 Å². The first-order valence-electron chi connectivity index (χ1n) is 11.3. The van der Waals surface area contributed by atoms with Gasteiger partial charge in [0.25, 0.3) is 5.91 Å². The van der Waals surface area contributed by atoms with Crippen LogP contribution in [0.15, 0.2) is 24.4 Å². The van der Waals surface area contributed by atoms with E-state index in [1.54, 1.807) is 11.6 Å². The van der Waals surface area contributed by atoms with Crippen LogP contribution in [0.25, 0.3) is 11.7 Å². The number of halogens is 1. The van der Waals surface area contributed by atoms with Gasteiger partial charge in [-0.05, 0) is 0 Å². The molecule has 10 heteroatoms. The zero-order valence-corrected chi connectivity index (χ0v) is 21.6. The van der Waals surface area contributed by atoms with Crippen LogP contribution in [-0.2, 0) is 16.0 Å². The average molecular weight is 572 g/mol. The van der Waals surface area contributed by atoms with Crippen LogP contribution in [0.5, 0.6) is 0 Å². The van der Waals surface area contributed by atoms with E-state index in [2.05, 4.69) is 17.6 Å². The molecule has 2 amide bonds. The van der Waals surface area contributed by atoms with Gasteiger partial charge in [0.2, 0.25) is 0 Å². The molecule has 0 aliphatic rings. The second kappa shape index (κ2) is 14.2. The second-order valence-electron chi connectivity index (χ2n) is 8.20. The molecule has 0 saturated carbocycles. The number of aromatic nitrogens is 2. The molecule has 1 atom stereocenters. The van der Waals surface area contributed by atoms with Crippen molar-refractivity contribution in [3.05, 3.63) is 35.7 Å². The summed E-state index contributed by atoms with van der Waals surface area (Å²) in [6, 6.07) is 3.72. The predicted molar refractivity (Wildman–Crippen MR) is 124 cm³/mol. The monoisotopic (exact) mass is 572 g/mol. The third-order valence-corrected chi connectivity index (χ3v) is 7.51. The SMILES string of the molecule is CCCCCCc1nc2cc(/C=C/C(=O)NO)ccn2c1NCCC(=O)N[C@H]([I-]O)C(C)C. The second-order valence-corrected chi connectivity index (χ2v) is 10.1. The Bertz CT molecular complexity index is 944. The van der Waals surface area contributed by atoms with Crippen molar-refractivity contribution in [2.45, 2.75) is 63.3 Å². The van der Waals surface area contributed by atoms with E-state index < -0.39 is 27.5 Å². The number of amides is 2. The number of aryl methyl sites for hydroxylation is 1. The van der Waals surface area contributed by atoms with Gasteiger partial charge in [0, 0.05) is 6.08 Å². The van der Waals surface area contributed by atoms with Crippen molar-refractivity contribution in [1.29, 1.82) is 0 Å². The molecule has 0 aliphatic heterocycles. The normalized spacial score (nSPS) is 12.5. The van der Waals surface area contributed by atoms with Crippen LogP contribution in [-0.4, -0.2) is 40.4 Å². The van der Waals surface area contributed by atoms with Crippen molar-refractivity contribution in [1.82, 2.24) is 20.2 Å². The van der Waals surface area contributed by atoms with E-state index in [0.29, 0.717) is 13.0 Å². The van der Waals surface area contributed by atoms with Crippen LogP contribution in [0.3, 0.4) is 0 Å². The molecular formula is C23H35IN5O4-. The van der Waals surface area contributed by atoms with Gasteiger partial charge in [-0.3, -0.25) is 10.0 Å². The Morgan fingerprint density at radius 1 is 1.27 bits per heavy atom. The summed E-state index contributed by atoms with van der Waals surface area (Å²) in [6.45, 7) is 6.61. The minimum atomic E-state index is -1.05. The van der Waals surface area contributed by atoms with E-state index in [9.17, 15) is 13.0 Å². The van der Waals surface area contributed by atoms with Crippen LogP contribution in [0.1, 0.15) is 64.1 Å². The van der Waals surface area contributed by atoms with E-state index in [-0.39, 0.29) is 15.9 Å². The van der Waals surface area contributed by atoms with Gasteiger partial charge >= 0.3 is 165 Å². The third-order valence-electron chi connectivity index (χ3n) is 5.16. The number of anilines is 1. The molecule has 0 aromatic carbocycles. The zero-order valence-electron chi connectivity index (χ0n) is 19.5. The summed E-state index contributed by atoms with van der Waals surface area (Å²) in [5.41, 5.74) is 4.04. The number of nitrogens with zero attached hydrogens (tertiary/aromatic N) is 2. The summed E-state index contributed by atoms with van der Waals surface area (Å²) < 4.78 is 11.3. The molecule has 33 heavy (non-hydrogen) atoms. The summed E-state index contributed by atoms with van der Waals surface area (Å²) in [7, 11) is 0. The summed E-state index contributed by atoms with van der Waals surface area (Å²) in [4.78, 5) is 28.3. The molecule has 0 fully saturated rings. The van der Waals surface area contributed by atoms with Crippen LogP contribution in [0.2, 0.25) is 0 Å². The van der Waals surface area contributed by atoms with Crippen LogP contribution in [0, 0.1) is 5.92 Å². The molecule has 0 aliphatic carbocycles. The molecule has 0 radical (unpaired) electrons. The Morgan fingerprint density at radius 3 is 2.73 bits per heavy atom. The average Bonchev–Trinajstić information content (AvgIpc) is 3.15. The summed E-state index contributed by atoms with van der Waals surface area (Å²) in [5, 5.41) is 14.9. The van der Waals surface area contributed by atoms with Crippen molar-refractivity contribution in [3.63, 3.8) is 0 Å². The Kier molecular flexibility index (Phi) is 11.6. The van der Waals surface area contributed by atoms with Gasteiger partial charge in [0.15, 0.2) is 0 Å². The molecule has 2 aromatic rings. The molecule has 0 unspecified atom stereocenters. The number of hydrogen-bond donors (Lipinski definition) is 5. The first-order chi connectivity index (χ1) is 15.9. The molecule has 2 aromatic heterocycles. The van der Waals surface area contributed by atoms with Crippen molar-refractivity contribution < 1.29 is 39.9 Å². The van der Waals surface area contributed by atoms with Gasteiger partial charge in [-0.2, -0.15) is 0 Å². The molecule has 2 heterocycles. The number of hydroxylamine groups is 1. The fourth-order valence-electron chi connectivity index (χ4n) is 3.33. The molecule has 0 spiro atoms. The van der Waals surface area contributed by atoms with E-state index in [1.807, 2.05) is 36.6 Å². The standard InChI is InChI=1S/C23H35IN5O4/c1-4-5-6-7-8-18-23(25-13-11-20(30)27-22(24-32)16(2)3)29-14-12-17(15-19(29)26-18)9-10-21(31)28-33/h9-10,12,14-16,22,25,32-33H,4-8,11,13H2,1-3H3,(H,27,30)(H,28,31)/q-1/b10-9+/t22-/m0/s1. The van der Waals surface area contributed by atoms with E-state index in [1.165, 1.54) is 12.5 Å². The van der Waals surface area contributed by atoms with Gasteiger partial charge in [0.05, 0.1) is 0 Å². The first-order valence-corrected chi connectivity index (χ1v) is 13.5. The number of carbonyl (C=O) groups is 2. The molecule has 2 rings (SSSR count). The fourth-order valence-corrected chi connectivity index (χ4v) is 4.46. The summed E-state index contributed by atoms with van der Waals surface area (Å²) in [6.07, 6.45) is 10.4. The number of unbranched alkanes of at least 4 members (excludes halogenated alkanes) is 3. The number of hydrogen-bond acceptors (Lipinski definition) is 6. The van der Waals surface area contributed by atoms with Crippen molar-refractivity contribution in [3.8, 4) is 0 Å². The van der Waals surface area contributed by atoms with Gasteiger partial charge in [-0.1, -0.05) is 13.3 Å². The number of imidazole rings is 1. The Morgan fingerprint density at radius 2 is 2.06 bits per heavy atom. The number of alkyl halides is 1. The predicted octanol–water partition coefficient (Wildman–Crippen LogP) is -0.128. The summed E-state index contributed by atoms with van der Waals surface area (Å²) >= 11 is -1.05.